The van der Waals surface area contributed by atoms with Crippen LogP contribution in [-0.4, -0.2) is 42.9 Å². The van der Waals surface area contributed by atoms with Gasteiger partial charge in [0.15, 0.2) is 0 Å². The molecule has 1 atom stereocenters. The summed E-state index contributed by atoms with van der Waals surface area (Å²) >= 11 is 0. The predicted molar refractivity (Wildman–Crippen MR) is 59.2 cm³/mol. The lowest BCUT2D eigenvalue weighted by molar-refractivity contribution is -0.138. The SMILES string of the molecule is CCNC(=O)CN(CC)C(=O)C(C)CN. The minimum absolute atomic E-state index is 0.0637. The second-order valence-corrected chi connectivity index (χ2v) is 3.44. The maximum atomic E-state index is 11.7. The third-order valence-corrected chi connectivity index (χ3v) is 2.18. The fourth-order valence-corrected chi connectivity index (χ4v) is 1.18. The number of carbonyl (C=O) groups excluding carboxylic acids is 2. The van der Waals surface area contributed by atoms with Gasteiger partial charge in [0.2, 0.25) is 11.8 Å². The summed E-state index contributed by atoms with van der Waals surface area (Å²) in [5, 5.41) is 2.66. The van der Waals surface area contributed by atoms with E-state index in [0.717, 1.165) is 0 Å². The number of carbonyl (C=O) groups is 2. The highest BCUT2D eigenvalue weighted by Crippen LogP contribution is 2.00. The minimum Gasteiger partial charge on any atom is -0.355 e. The molecule has 0 saturated heterocycles. The molecular formula is C10H21N3O2. The first-order chi connectivity index (χ1) is 7.06. The Hall–Kier alpha value is -1.10. The first kappa shape index (κ1) is 13.9. The first-order valence-corrected chi connectivity index (χ1v) is 5.32. The van der Waals surface area contributed by atoms with Crippen LogP contribution in [0.3, 0.4) is 0 Å². The molecule has 2 amide bonds. The van der Waals surface area contributed by atoms with Crippen molar-refractivity contribution in [2.45, 2.75) is 20.8 Å². The third-order valence-electron chi connectivity index (χ3n) is 2.18. The maximum absolute atomic E-state index is 11.7. The zero-order valence-corrected chi connectivity index (χ0v) is 9.75. The summed E-state index contributed by atoms with van der Waals surface area (Å²) in [4.78, 5) is 24.5. The van der Waals surface area contributed by atoms with Gasteiger partial charge in [0.25, 0.3) is 0 Å². The molecule has 0 saturated carbocycles. The molecule has 0 radical (unpaired) electrons. The largest absolute Gasteiger partial charge is 0.355 e. The van der Waals surface area contributed by atoms with Crippen LogP contribution in [0.4, 0.5) is 0 Å². The standard InChI is InChI=1S/C10H21N3O2/c1-4-12-9(14)7-13(5-2)10(15)8(3)6-11/h8H,4-7,11H2,1-3H3,(H,12,14). The molecule has 0 heterocycles. The Labute approximate surface area is 91.0 Å². The van der Waals surface area contributed by atoms with Gasteiger partial charge >= 0.3 is 0 Å². The monoisotopic (exact) mass is 215 g/mol. The van der Waals surface area contributed by atoms with Gasteiger partial charge in [-0.25, -0.2) is 0 Å². The van der Waals surface area contributed by atoms with Crippen LogP contribution in [0.5, 0.6) is 0 Å². The molecule has 3 N–H and O–H groups in total. The number of hydrogen-bond acceptors (Lipinski definition) is 3. The molecule has 0 aliphatic heterocycles. The third kappa shape index (κ3) is 4.78. The fraction of sp³-hybridized carbons (Fsp3) is 0.800. The Morgan fingerprint density at radius 1 is 1.40 bits per heavy atom. The second-order valence-electron chi connectivity index (χ2n) is 3.44. The van der Waals surface area contributed by atoms with Crippen molar-refractivity contribution >= 4 is 11.8 Å². The van der Waals surface area contributed by atoms with Gasteiger partial charge in [-0.3, -0.25) is 9.59 Å². The number of nitrogens with one attached hydrogen (secondary N) is 1. The van der Waals surface area contributed by atoms with E-state index in [2.05, 4.69) is 5.32 Å². The number of nitrogens with zero attached hydrogens (tertiary/aromatic N) is 1. The number of amides is 2. The van der Waals surface area contributed by atoms with E-state index in [-0.39, 0.29) is 24.3 Å². The lowest BCUT2D eigenvalue weighted by Crippen LogP contribution is -2.44. The van der Waals surface area contributed by atoms with Gasteiger partial charge in [0.05, 0.1) is 6.54 Å². The molecule has 0 bridgehead atoms. The van der Waals surface area contributed by atoms with Crippen LogP contribution in [-0.2, 0) is 9.59 Å². The van der Waals surface area contributed by atoms with Crippen molar-refractivity contribution in [1.82, 2.24) is 10.2 Å². The van der Waals surface area contributed by atoms with Crippen LogP contribution in [0.2, 0.25) is 0 Å². The summed E-state index contributed by atoms with van der Waals surface area (Å²) in [7, 11) is 0. The van der Waals surface area contributed by atoms with Crippen molar-refractivity contribution in [3.8, 4) is 0 Å². The Morgan fingerprint density at radius 2 is 2.00 bits per heavy atom. The van der Waals surface area contributed by atoms with Gasteiger partial charge in [0.1, 0.15) is 0 Å². The smallest absolute Gasteiger partial charge is 0.239 e. The van der Waals surface area contributed by atoms with Crippen molar-refractivity contribution in [2.75, 3.05) is 26.2 Å². The van der Waals surface area contributed by atoms with E-state index in [1.807, 2.05) is 13.8 Å². The molecule has 5 heteroatoms. The van der Waals surface area contributed by atoms with Crippen molar-refractivity contribution in [2.24, 2.45) is 11.7 Å². The lowest BCUT2D eigenvalue weighted by atomic mass is 10.1. The summed E-state index contributed by atoms with van der Waals surface area (Å²) in [6, 6.07) is 0. The summed E-state index contributed by atoms with van der Waals surface area (Å²) in [6.45, 7) is 7.00. The Morgan fingerprint density at radius 3 is 2.40 bits per heavy atom. The van der Waals surface area contributed by atoms with Crippen molar-refractivity contribution < 1.29 is 9.59 Å². The number of rotatable bonds is 6. The number of likely N-dealkylation sites (N-methyl/N-ethyl adjacent to an activating group) is 2. The minimum atomic E-state index is -0.223. The van der Waals surface area contributed by atoms with E-state index in [0.29, 0.717) is 19.6 Å². The van der Waals surface area contributed by atoms with Crippen LogP contribution in [0.25, 0.3) is 0 Å². The fourth-order valence-electron chi connectivity index (χ4n) is 1.18. The topological polar surface area (TPSA) is 75.4 Å². The summed E-state index contributed by atoms with van der Waals surface area (Å²) in [6.07, 6.45) is 0. The van der Waals surface area contributed by atoms with Crippen LogP contribution in [0.15, 0.2) is 0 Å². The van der Waals surface area contributed by atoms with E-state index < -0.39 is 0 Å². The zero-order valence-electron chi connectivity index (χ0n) is 9.75. The molecule has 0 aromatic rings. The highest BCUT2D eigenvalue weighted by molar-refractivity contribution is 5.85. The number of nitrogens with two attached hydrogens (primary N) is 1. The van der Waals surface area contributed by atoms with E-state index in [9.17, 15) is 9.59 Å². The molecular weight excluding hydrogens is 194 g/mol. The van der Waals surface area contributed by atoms with Crippen LogP contribution < -0.4 is 11.1 Å². The molecule has 0 spiro atoms. The van der Waals surface area contributed by atoms with Gasteiger partial charge in [0, 0.05) is 25.6 Å². The van der Waals surface area contributed by atoms with Gasteiger partial charge in [-0.05, 0) is 13.8 Å². The molecule has 15 heavy (non-hydrogen) atoms. The van der Waals surface area contributed by atoms with Crippen molar-refractivity contribution in [3.63, 3.8) is 0 Å². The quantitative estimate of drug-likeness (QED) is 0.631. The average molecular weight is 215 g/mol. The first-order valence-electron chi connectivity index (χ1n) is 5.32. The van der Waals surface area contributed by atoms with Gasteiger partial charge in [-0.15, -0.1) is 0 Å². The second kappa shape index (κ2) is 7.23. The summed E-state index contributed by atoms with van der Waals surface area (Å²) in [5.41, 5.74) is 5.41. The summed E-state index contributed by atoms with van der Waals surface area (Å²) < 4.78 is 0. The zero-order chi connectivity index (χ0) is 11.8. The molecule has 0 fully saturated rings. The molecule has 1 unspecified atom stereocenters. The van der Waals surface area contributed by atoms with E-state index >= 15 is 0 Å². The molecule has 0 aromatic carbocycles. The predicted octanol–water partition coefficient (Wildman–Crippen LogP) is -0.434. The molecule has 5 nitrogen and oxygen atoms in total. The molecule has 88 valence electrons. The van der Waals surface area contributed by atoms with Crippen molar-refractivity contribution in [1.29, 1.82) is 0 Å². The average Bonchev–Trinajstić information content (AvgIpc) is 2.24. The maximum Gasteiger partial charge on any atom is 0.239 e. The molecule has 0 rings (SSSR count). The molecule has 0 aliphatic carbocycles. The van der Waals surface area contributed by atoms with Gasteiger partial charge < -0.3 is 16.0 Å². The number of hydrogen-bond donors (Lipinski definition) is 2. The van der Waals surface area contributed by atoms with Gasteiger partial charge in [-0.1, -0.05) is 6.92 Å². The van der Waals surface area contributed by atoms with E-state index in [4.69, 9.17) is 5.73 Å². The molecule has 0 aliphatic rings. The van der Waals surface area contributed by atoms with Crippen LogP contribution >= 0.6 is 0 Å². The molecule has 0 aromatic heterocycles. The Kier molecular flexibility index (Phi) is 6.70. The van der Waals surface area contributed by atoms with Crippen LogP contribution in [0.1, 0.15) is 20.8 Å². The van der Waals surface area contributed by atoms with E-state index in [1.54, 1.807) is 6.92 Å². The normalized spacial score (nSPS) is 12.0. The van der Waals surface area contributed by atoms with Crippen molar-refractivity contribution in [3.05, 3.63) is 0 Å². The Bertz CT molecular complexity index is 219. The van der Waals surface area contributed by atoms with E-state index in [1.165, 1.54) is 4.90 Å². The van der Waals surface area contributed by atoms with Crippen LogP contribution in [0, 0.1) is 5.92 Å². The highest BCUT2D eigenvalue weighted by Gasteiger charge is 2.19. The highest BCUT2D eigenvalue weighted by atomic mass is 16.2. The van der Waals surface area contributed by atoms with Gasteiger partial charge in [-0.2, -0.15) is 0 Å². The Balaban J connectivity index is 4.24. The lowest BCUT2D eigenvalue weighted by Gasteiger charge is -2.23. The summed E-state index contributed by atoms with van der Waals surface area (Å²) in [5.74, 6) is -0.414.